The lowest BCUT2D eigenvalue weighted by atomic mass is 10.1. The molecule has 0 aliphatic rings. The van der Waals surface area contributed by atoms with E-state index >= 15 is 0 Å². The van der Waals surface area contributed by atoms with E-state index in [2.05, 4.69) is 5.10 Å². The molecule has 2 aromatic rings. The van der Waals surface area contributed by atoms with Gasteiger partial charge in [0.2, 0.25) is 0 Å². The number of nitrogens with zero attached hydrogens (tertiary/aromatic N) is 1. The number of aryl methyl sites for hydroxylation is 1. The third kappa shape index (κ3) is 1.91. The highest BCUT2D eigenvalue weighted by molar-refractivity contribution is 5.89. The summed E-state index contributed by atoms with van der Waals surface area (Å²) in [5.74, 6) is 6.88. The van der Waals surface area contributed by atoms with Crippen LogP contribution in [0.2, 0.25) is 0 Å². The van der Waals surface area contributed by atoms with Gasteiger partial charge in [-0.2, -0.15) is 5.10 Å². The van der Waals surface area contributed by atoms with Gasteiger partial charge < -0.3 is 10.3 Å². The van der Waals surface area contributed by atoms with Gasteiger partial charge in [0.05, 0.1) is 6.21 Å². The van der Waals surface area contributed by atoms with Crippen molar-refractivity contribution in [3.05, 3.63) is 47.7 Å². The normalized spacial score (nSPS) is 11.0. The Hall–Kier alpha value is -2.03. The largest absolute Gasteiger partial charge is 0.461 e. The second-order valence-electron chi connectivity index (χ2n) is 3.28. The van der Waals surface area contributed by atoms with Gasteiger partial charge in [-0.3, -0.25) is 0 Å². The topological polar surface area (TPSA) is 51.5 Å². The number of nitrogens with two attached hydrogens (primary N) is 1. The maximum atomic E-state index is 5.55. The summed E-state index contributed by atoms with van der Waals surface area (Å²) >= 11 is 0. The van der Waals surface area contributed by atoms with Crippen LogP contribution in [0.1, 0.15) is 11.3 Å². The molecule has 1 heterocycles. The van der Waals surface area contributed by atoms with Crippen LogP contribution in [0.15, 0.2) is 45.9 Å². The number of benzene rings is 1. The van der Waals surface area contributed by atoms with Crippen molar-refractivity contribution in [1.29, 1.82) is 0 Å². The highest BCUT2D eigenvalue weighted by Gasteiger charge is 2.05. The molecule has 2 rings (SSSR count). The lowest BCUT2D eigenvalue weighted by Crippen LogP contribution is -1.89. The third-order valence-corrected chi connectivity index (χ3v) is 2.18. The van der Waals surface area contributed by atoms with Gasteiger partial charge in [-0.25, -0.2) is 0 Å². The molecule has 15 heavy (non-hydrogen) atoms. The Labute approximate surface area is 88.2 Å². The molecule has 0 atom stereocenters. The molecule has 1 aromatic carbocycles. The van der Waals surface area contributed by atoms with E-state index in [1.54, 1.807) is 6.21 Å². The monoisotopic (exact) mass is 200 g/mol. The Morgan fingerprint density at radius 2 is 2.00 bits per heavy atom. The molecule has 0 saturated carbocycles. The number of furan rings is 1. The van der Waals surface area contributed by atoms with Crippen molar-refractivity contribution in [2.75, 3.05) is 0 Å². The van der Waals surface area contributed by atoms with Gasteiger partial charge in [0.25, 0.3) is 0 Å². The first kappa shape index (κ1) is 9.52. The Bertz CT molecular complexity index is 486. The summed E-state index contributed by atoms with van der Waals surface area (Å²) in [5.41, 5.74) is 1.95. The molecule has 0 aliphatic heterocycles. The van der Waals surface area contributed by atoms with E-state index in [9.17, 15) is 0 Å². The van der Waals surface area contributed by atoms with Crippen LogP contribution in [-0.4, -0.2) is 6.21 Å². The molecular formula is C12H12N2O. The Morgan fingerprint density at radius 1 is 1.20 bits per heavy atom. The first-order chi connectivity index (χ1) is 7.31. The second kappa shape index (κ2) is 4.00. The number of hydrogen-bond acceptors (Lipinski definition) is 3. The quantitative estimate of drug-likeness (QED) is 0.460. The first-order valence-electron chi connectivity index (χ1n) is 4.70. The maximum absolute atomic E-state index is 5.55. The molecule has 1 aromatic heterocycles. The average molecular weight is 200 g/mol. The highest BCUT2D eigenvalue weighted by Crippen LogP contribution is 2.24. The van der Waals surface area contributed by atoms with Gasteiger partial charge in [0.1, 0.15) is 11.5 Å². The number of hydrogen-bond donors (Lipinski definition) is 1. The van der Waals surface area contributed by atoms with E-state index in [4.69, 9.17) is 10.3 Å². The zero-order valence-electron chi connectivity index (χ0n) is 8.47. The molecule has 0 radical (unpaired) electrons. The molecule has 0 unspecified atom stereocenters. The van der Waals surface area contributed by atoms with E-state index in [0.29, 0.717) is 0 Å². The van der Waals surface area contributed by atoms with E-state index < -0.39 is 0 Å². The molecule has 0 aliphatic carbocycles. The van der Waals surface area contributed by atoms with Crippen LogP contribution in [0.25, 0.3) is 11.3 Å². The van der Waals surface area contributed by atoms with Gasteiger partial charge >= 0.3 is 0 Å². The summed E-state index contributed by atoms with van der Waals surface area (Å²) in [6.45, 7) is 1.92. The van der Waals surface area contributed by atoms with Gasteiger partial charge in [0.15, 0.2) is 0 Å². The summed E-state index contributed by atoms with van der Waals surface area (Å²) < 4.78 is 5.55. The van der Waals surface area contributed by atoms with Crippen molar-refractivity contribution in [1.82, 2.24) is 0 Å². The van der Waals surface area contributed by atoms with Crippen molar-refractivity contribution >= 4 is 6.21 Å². The molecule has 0 saturated heterocycles. The van der Waals surface area contributed by atoms with Crippen LogP contribution in [-0.2, 0) is 0 Å². The van der Waals surface area contributed by atoms with Crippen molar-refractivity contribution < 1.29 is 4.42 Å². The summed E-state index contributed by atoms with van der Waals surface area (Å²) in [4.78, 5) is 0. The van der Waals surface area contributed by atoms with Gasteiger partial charge in [-0.05, 0) is 19.1 Å². The summed E-state index contributed by atoms with van der Waals surface area (Å²) in [6.07, 6.45) is 1.62. The zero-order valence-corrected chi connectivity index (χ0v) is 8.47. The molecule has 2 N–H and O–H groups in total. The predicted molar refractivity (Wildman–Crippen MR) is 60.7 cm³/mol. The minimum Gasteiger partial charge on any atom is -0.461 e. The van der Waals surface area contributed by atoms with E-state index in [0.717, 1.165) is 22.6 Å². The number of hydrazone groups is 1. The predicted octanol–water partition coefficient (Wildman–Crippen LogP) is 2.55. The van der Waals surface area contributed by atoms with E-state index in [1.165, 1.54) is 0 Å². The molecule has 0 fully saturated rings. The molecule has 3 heteroatoms. The Balaban J connectivity index is 2.52. The average Bonchev–Trinajstić information content (AvgIpc) is 2.66. The van der Waals surface area contributed by atoms with Crippen LogP contribution in [0.5, 0.6) is 0 Å². The van der Waals surface area contributed by atoms with Gasteiger partial charge in [-0.1, -0.05) is 24.3 Å². The van der Waals surface area contributed by atoms with Gasteiger partial charge in [0, 0.05) is 11.1 Å². The molecular weight excluding hydrogens is 188 g/mol. The van der Waals surface area contributed by atoms with Crippen molar-refractivity contribution in [2.45, 2.75) is 6.92 Å². The second-order valence-corrected chi connectivity index (χ2v) is 3.28. The van der Waals surface area contributed by atoms with Crippen LogP contribution in [0.3, 0.4) is 0 Å². The van der Waals surface area contributed by atoms with E-state index in [-0.39, 0.29) is 0 Å². The van der Waals surface area contributed by atoms with Crippen LogP contribution < -0.4 is 5.84 Å². The van der Waals surface area contributed by atoms with Crippen LogP contribution in [0, 0.1) is 6.92 Å². The fraction of sp³-hybridized carbons (Fsp3) is 0.0833. The van der Waals surface area contributed by atoms with Gasteiger partial charge in [-0.15, -0.1) is 0 Å². The van der Waals surface area contributed by atoms with Crippen molar-refractivity contribution in [2.24, 2.45) is 10.9 Å². The SMILES string of the molecule is Cc1ccc(-c2ccccc2C=NN)o1. The lowest BCUT2D eigenvalue weighted by molar-refractivity contribution is 0.548. The highest BCUT2D eigenvalue weighted by atomic mass is 16.3. The van der Waals surface area contributed by atoms with Crippen molar-refractivity contribution in [3.63, 3.8) is 0 Å². The smallest absolute Gasteiger partial charge is 0.134 e. The maximum Gasteiger partial charge on any atom is 0.134 e. The summed E-state index contributed by atoms with van der Waals surface area (Å²) in [7, 11) is 0. The first-order valence-corrected chi connectivity index (χ1v) is 4.70. The fourth-order valence-electron chi connectivity index (χ4n) is 1.49. The molecule has 0 spiro atoms. The lowest BCUT2D eigenvalue weighted by Gasteiger charge is -2.01. The molecule has 3 nitrogen and oxygen atoms in total. The zero-order chi connectivity index (χ0) is 10.7. The fourth-order valence-corrected chi connectivity index (χ4v) is 1.49. The third-order valence-electron chi connectivity index (χ3n) is 2.18. The van der Waals surface area contributed by atoms with Crippen LogP contribution >= 0.6 is 0 Å². The van der Waals surface area contributed by atoms with E-state index in [1.807, 2.05) is 43.3 Å². The van der Waals surface area contributed by atoms with Crippen LogP contribution in [0.4, 0.5) is 0 Å². The Morgan fingerprint density at radius 3 is 2.67 bits per heavy atom. The summed E-state index contributed by atoms with van der Waals surface area (Å²) in [6, 6.07) is 11.7. The number of rotatable bonds is 2. The standard InChI is InChI=1S/C12H12N2O/c1-9-6-7-12(15-9)11-5-3-2-4-10(11)8-14-13/h2-8H,13H2,1H3. The minimum atomic E-state index is 0.836. The molecule has 0 amide bonds. The summed E-state index contributed by atoms with van der Waals surface area (Å²) in [5, 5.41) is 3.53. The molecule has 0 bridgehead atoms. The minimum absolute atomic E-state index is 0.836. The van der Waals surface area contributed by atoms with Crippen molar-refractivity contribution in [3.8, 4) is 11.3 Å². The Kier molecular flexibility index (Phi) is 2.54. The molecule has 76 valence electrons.